The van der Waals surface area contributed by atoms with E-state index in [0.29, 0.717) is 28.9 Å². The average molecular weight is 623 g/mol. The third-order valence-electron chi connectivity index (χ3n) is 7.42. The summed E-state index contributed by atoms with van der Waals surface area (Å²) in [4.78, 5) is 29.4. The summed E-state index contributed by atoms with van der Waals surface area (Å²) in [6, 6.07) is 28.8. The van der Waals surface area contributed by atoms with Crippen LogP contribution in [0.4, 0.5) is 0 Å². The second-order valence-corrected chi connectivity index (χ2v) is 12.3. The maximum absolute atomic E-state index is 13.1. The number of carboxylic acid groups (broad SMARTS) is 1. The van der Waals surface area contributed by atoms with Crippen molar-refractivity contribution < 1.29 is 24.2 Å². The third-order valence-corrected chi connectivity index (χ3v) is 7.67. The van der Waals surface area contributed by atoms with E-state index in [0.717, 1.165) is 28.3 Å². The minimum atomic E-state index is -1.14. The number of aliphatic carboxylic acids is 1. The van der Waals surface area contributed by atoms with Crippen LogP contribution in [0, 0.1) is 0 Å². The fourth-order valence-corrected chi connectivity index (χ4v) is 4.92. The molecule has 0 fully saturated rings. The summed E-state index contributed by atoms with van der Waals surface area (Å²) in [5, 5.41) is 14.7. The van der Waals surface area contributed by atoms with Crippen LogP contribution in [0.5, 0.6) is 17.2 Å². The number of fused-ring (bicyclic) bond motifs is 1. The van der Waals surface area contributed by atoms with Crippen molar-refractivity contribution in [2.75, 3.05) is 6.61 Å². The Morgan fingerprint density at radius 3 is 2.13 bits per heavy atom. The van der Waals surface area contributed by atoms with E-state index in [9.17, 15) is 14.7 Å². The maximum Gasteiger partial charge on any atom is 0.326 e. The number of amides is 1. The highest BCUT2D eigenvalue weighted by atomic mass is 35.5. The fourth-order valence-electron chi connectivity index (χ4n) is 4.79. The van der Waals surface area contributed by atoms with Crippen molar-refractivity contribution in [1.82, 2.24) is 10.3 Å². The van der Waals surface area contributed by atoms with Gasteiger partial charge in [-0.25, -0.2) is 4.79 Å². The quantitative estimate of drug-likeness (QED) is 0.155. The van der Waals surface area contributed by atoms with Gasteiger partial charge in [0.15, 0.2) is 0 Å². The zero-order chi connectivity index (χ0) is 32.0. The number of hydrogen-bond acceptors (Lipinski definition) is 5. The molecule has 1 aromatic heterocycles. The van der Waals surface area contributed by atoms with Gasteiger partial charge in [-0.05, 0) is 88.2 Å². The highest BCUT2D eigenvalue weighted by Crippen LogP contribution is 2.29. The first-order valence-corrected chi connectivity index (χ1v) is 15.1. The number of nitrogens with zero attached hydrogens (tertiary/aromatic N) is 1. The van der Waals surface area contributed by atoms with Crippen LogP contribution >= 0.6 is 11.6 Å². The van der Waals surface area contributed by atoms with Crippen molar-refractivity contribution >= 4 is 34.2 Å². The number of pyridine rings is 1. The van der Waals surface area contributed by atoms with E-state index in [4.69, 9.17) is 21.1 Å². The summed E-state index contributed by atoms with van der Waals surface area (Å²) in [5.74, 6) is 0.283. The van der Waals surface area contributed by atoms with Crippen LogP contribution in [0.2, 0.25) is 5.02 Å². The summed E-state index contributed by atoms with van der Waals surface area (Å²) < 4.78 is 11.9. The average Bonchev–Trinajstić information content (AvgIpc) is 3.02. The van der Waals surface area contributed by atoms with Crippen molar-refractivity contribution in [1.29, 1.82) is 0 Å². The van der Waals surface area contributed by atoms with Crippen LogP contribution in [0.1, 0.15) is 48.0 Å². The number of rotatable bonds is 11. The van der Waals surface area contributed by atoms with Gasteiger partial charge in [0.05, 0.1) is 6.61 Å². The lowest BCUT2D eigenvalue weighted by molar-refractivity contribution is -0.139. The summed E-state index contributed by atoms with van der Waals surface area (Å²) >= 11 is 5.93. The van der Waals surface area contributed by atoms with Crippen LogP contribution in [-0.2, 0) is 23.1 Å². The second kappa shape index (κ2) is 13.8. The van der Waals surface area contributed by atoms with E-state index in [1.54, 1.807) is 36.5 Å². The van der Waals surface area contributed by atoms with Gasteiger partial charge >= 0.3 is 5.97 Å². The molecule has 7 nitrogen and oxygen atoms in total. The summed E-state index contributed by atoms with van der Waals surface area (Å²) in [7, 11) is 0. The topological polar surface area (TPSA) is 97.8 Å². The lowest BCUT2D eigenvalue weighted by atomic mass is 9.87. The van der Waals surface area contributed by atoms with Crippen molar-refractivity contribution in [2.24, 2.45) is 0 Å². The molecule has 5 aromatic rings. The number of ether oxygens (including phenoxy) is 2. The number of carbonyl (C=O) groups is 2. The molecule has 1 heterocycles. The molecule has 1 amide bonds. The monoisotopic (exact) mass is 622 g/mol. The number of aromatic nitrogens is 1. The Balaban J connectivity index is 1.20. The number of hydrogen-bond donors (Lipinski definition) is 2. The number of halogens is 1. The van der Waals surface area contributed by atoms with Gasteiger partial charge in [0.25, 0.3) is 5.91 Å². The number of carbonyl (C=O) groups excluding carboxylic acids is 1. The molecule has 8 heteroatoms. The summed E-state index contributed by atoms with van der Waals surface area (Å²) in [6.07, 6.45) is 2.42. The second-order valence-electron chi connectivity index (χ2n) is 11.9. The smallest absolute Gasteiger partial charge is 0.326 e. The van der Waals surface area contributed by atoms with E-state index < -0.39 is 17.9 Å². The van der Waals surface area contributed by atoms with Gasteiger partial charge in [0, 0.05) is 29.4 Å². The molecule has 1 atom stereocenters. The predicted molar refractivity (Wildman–Crippen MR) is 177 cm³/mol. The lowest BCUT2D eigenvalue weighted by Gasteiger charge is -2.19. The molecule has 0 saturated heterocycles. The third kappa shape index (κ3) is 8.61. The molecule has 0 radical (unpaired) electrons. The molecule has 0 unspecified atom stereocenters. The molecule has 0 aliphatic heterocycles. The first-order valence-electron chi connectivity index (χ1n) is 14.7. The minimum absolute atomic E-state index is 0.0456. The molecule has 45 heavy (non-hydrogen) atoms. The predicted octanol–water partition coefficient (Wildman–Crippen LogP) is 8.03. The number of carboxylic acids is 1. The Morgan fingerprint density at radius 1 is 0.822 bits per heavy atom. The minimum Gasteiger partial charge on any atom is -0.493 e. The van der Waals surface area contributed by atoms with Crippen LogP contribution < -0.4 is 14.8 Å². The van der Waals surface area contributed by atoms with E-state index in [2.05, 4.69) is 31.1 Å². The van der Waals surface area contributed by atoms with E-state index in [1.807, 2.05) is 66.7 Å². The van der Waals surface area contributed by atoms with Gasteiger partial charge in [-0.15, -0.1) is 0 Å². The lowest BCUT2D eigenvalue weighted by Crippen LogP contribution is -2.42. The molecule has 0 aliphatic rings. The first kappa shape index (κ1) is 31.5. The van der Waals surface area contributed by atoms with E-state index in [1.165, 1.54) is 5.56 Å². The molecule has 4 aromatic carbocycles. The molecule has 230 valence electrons. The Labute approximate surface area is 267 Å². The molecule has 0 bridgehead atoms. The molecule has 2 N–H and O–H groups in total. The zero-order valence-corrected chi connectivity index (χ0v) is 26.2. The van der Waals surface area contributed by atoms with E-state index in [-0.39, 0.29) is 17.5 Å². The fraction of sp³-hybridized carbons (Fsp3) is 0.216. The Morgan fingerprint density at radius 2 is 1.47 bits per heavy atom. The van der Waals surface area contributed by atoms with Crippen LogP contribution in [0.15, 0.2) is 103 Å². The Kier molecular flexibility index (Phi) is 9.69. The SMILES string of the molecule is CC(C)(C)c1ccc(Oc2ccc3cnc(C(=O)N[C@@H](Cc4ccc(OCCc5ccc(Cl)cc5)cc4)C(=O)O)cc3c2)cc1. The van der Waals surface area contributed by atoms with Gasteiger partial charge < -0.3 is 19.9 Å². The van der Waals surface area contributed by atoms with Gasteiger partial charge in [0.1, 0.15) is 29.0 Å². The van der Waals surface area contributed by atoms with Crippen molar-refractivity contribution in [3.8, 4) is 17.2 Å². The van der Waals surface area contributed by atoms with E-state index >= 15 is 0 Å². The largest absolute Gasteiger partial charge is 0.493 e. The standard InChI is InChI=1S/C37H35ClN2O5/c1-37(2,3)28-9-16-31(17-10-28)45-32-15-8-26-23-39-33(22-27(26)21-32)35(41)40-34(36(42)43)20-25-6-13-30(14-7-25)44-19-18-24-4-11-29(38)12-5-24/h4-17,21-23,34H,18-20H2,1-3H3,(H,40,41)(H,42,43)/t34-/m0/s1. The normalized spacial score (nSPS) is 12.0. The highest BCUT2D eigenvalue weighted by molar-refractivity contribution is 6.30. The summed E-state index contributed by atoms with van der Waals surface area (Å²) in [6.45, 7) is 6.97. The van der Waals surface area contributed by atoms with Crippen molar-refractivity contribution in [3.63, 3.8) is 0 Å². The molecule has 5 rings (SSSR count). The first-order chi connectivity index (χ1) is 21.5. The number of benzene rings is 4. The highest BCUT2D eigenvalue weighted by Gasteiger charge is 2.22. The van der Waals surface area contributed by atoms with Crippen LogP contribution in [0.25, 0.3) is 10.8 Å². The van der Waals surface area contributed by atoms with Gasteiger partial charge in [-0.1, -0.05) is 68.8 Å². The summed E-state index contributed by atoms with van der Waals surface area (Å²) in [5.41, 5.74) is 3.24. The van der Waals surface area contributed by atoms with Gasteiger partial charge in [-0.2, -0.15) is 0 Å². The van der Waals surface area contributed by atoms with Crippen molar-refractivity contribution in [3.05, 3.63) is 131 Å². The molecular formula is C37H35ClN2O5. The van der Waals surface area contributed by atoms with Crippen LogP contribution in [0.3, 0.4) is 0 Å². The number of nitrogens with one attached hydrogen (secondary N) is 1. The molecule has 0 saturated carbocycles. The van der Waals surface area contributed by atoms with Crippen LogP contribution in [-0.4, -0.2) is 34.6 Å². The Hall–Kier alpha value is -4.88. The zero-order valence-electron chi connectivity index (χ0n) is 25.4. The molecule has 0 aliphatic carbocycles. The van der Waals surface area contributed by atoms with Crippen molar-refractivity contribution in [2.45, 2.75) is 45.1 Å². The molecular weight excluding hydrogens is 588 g/mol. The van der Waals surface area contributed by atoms with Gasteiger partial charge in [-0.3, -0.25) is 9.78 Å². The van der Waals surface area contributed by atoms with Gasteiger partial charge in [0.2, 0.25) is 0 Å². The molecule has 0 spiro atoms. The Bertz CT molecular complexity index is 1780. The maximum atomic E-state index is 13.1.